The average molecular weight is 303 g/mol. The molecule has 0 heterocycles. The first-order valence-corrected chi connectivity index (χ1v) is 6.23. The second-order valence-electron chi connectivity index (χ2n) is 3.28. The summed E-state index contributed by atoms with van der Waals surface area (Å²) in [5, 5.41) is 7.81. The third kappa shape index (κ3) is 2.94. The molecule has 0 saturated carbocycles. The summed E-state index contributed by atoms with van der Waals surface area (Å²) in [5.74, 6) is -1.21. The topological polar surface area (TPSA) is 71.4 Å². The standard InChI is InChI=1S/C9H6ClF3O4S/c10-6-3-5(4-8(14)15)1-2-7(6)18(16,17)9(11,12)13/h1-3H,4H2,(H,14,15). The zero-order chi connectivity index (χ0) is 14.1. The average Bonchev–Trinajstić information content (AvgIpc) is 2.13. The minimum absolute atomic E-state index is 0.105. The van der Waals surface area contributed by atoms with Crippen LogP contribution >= 0.6 is 11.6 Å². The van der Waals surface area contributed by atoms with Gasteiger partial charge in [0.2, 0.25) is 0 Å². The summed E-state index contributed by atoms with van der Waals surface area (Å²) in [6.07, 6.45) is -0.466. The van der Waals surface area contributed by atoms with Gasteiger partial charge in [0.1, 0.15) is 0 Å². The predicted molar refractivity (Wildman–Crippen MR) is 56.0 cm³/mol. The second-order valence-corrected chi connectivity index (χ2v) is 5.60. The molecule has 0 spiro atoms. The van der Waals surface area contributed by atoms with E-state index in [1.807, 2.05) is 0 Å². The van der Waals surface area contributed by atoms with Gasteiger partial charge in [-0.2, -0.15) is 13.2 Å². The van der Waals surface area contributed by atoms with E-state index in [9.17, 15) is 26.4 Å². The Labute approximate surface area is 105 Å². The van der Waals surface area contributed by atoms with E-state index < -0.39 is 37.7 Å². The number of carbonyl (C=O) groups is 1. The van der Waals surface area contributed by atoms with E-state index in [-0.39, 0.29) is 5.56 Å². The fourth-order valence-corrected chi connectivity index (χ4v) is 2.49. The number of carboxylic acids is 1. The van der Waals surface area contributed by atoms with Gasteiger partial charge < -0.3 is 5.11 Å². The quantitative estimate of drug-likeness (QED) is 0.929. The van der Waals surface area contributed by atoms with Gasteiger partial charge in [0.05, 0.1) is 16.3 Å². The monoisotopic (exact) mass is 302 g/mol. The molecule has 0 aliphatic carbocycles. The summed E-state index contributed by atoms with van der Waals surface area (Å²) in [4.78, 5) is 9.29. The summed E-state index contributed by atoms with van der Waals surface area (Å²) in [6, 6.07) is 2.50. The lowest BCUT2D eigenvalue weighted by atomic mass is 10.1. The van der Waals surface area contributed by atoms with Gasteiger partial charge >= 0.3 is 11.5 Å². The van der Waals surface area contributed by atoms with Crippen LogP contribution in [0, 0.1) is 0 Å². The van der Waals surface area contributed by atoms with Crippen molar-refractivity contribution in [2.45, 2.75) is 16.8 Å². The zero-order valence-corrected chi connectivity index (χ0v) is 10.1. The van der Waals surface area contributed by atoms with Crippen LogP contribution in [0.3, 0.4) is 0 Å². The Hall–Kier alpha value is -1.28. The normalized spacial score (nSPS) is 12.4. The van der Waals surface area contributed by atoms with Crippen LogP contribution < -0.4 is 0 Å². The largest absolute Gasteiger partial charge is 0.501 e. The van der Waals surface area contributed by atoms with Gasteiger partial charge in [-0.15, -0.1) is 0 Å². The minimum Gasteiger partial charge on any atom is -0.481 e. The van der Waals surface area contributed by atoms with E-state index in [2.05, 4.69) is 0 Å². The zero-order valence-electron chi connectivity index (χ0n) is 8.53. The highest BCUT2D eigenvalue weighted by Crippen LogP contribution is 2.34. The molecule has 0 atom stereocenters. The lowest BCUT2D eigenvalue weighted by Crippen LogP contribution is -2.23. The van der Waals surface area contributed by atoms with E-state index in [0.29, 0.717) is 6.07 Å². The number of benzene rings is 1. The van der Waals surface area contributed by atoms with E-state index in [0.717, 1.165) is 12.1 Å². The van der Waals surface area contributed by atoms with Crippen molar-refractivity contribution >= 4 is 27.4 Å². The minimum atomic E-state index is -5.53. The molecule has 18 heavy (non-hydrogen) atoms. The highest BCUT2D eigenvalue weighted by molar-refractivity contribution is 7.92. The maximum Gasteiger partial charge on any atom is 0.501 e. The first-order chi connectivity index (χ1) is 8.05. The molecule has 0 aromatic heterocycles. The van der Waals surface area contributed by atoms with E-state index in [4.69, 9.17) is 16.7 Å². The summed E-state index contributed by atoms with van der Waals surface area (Å²) in [5.41, 5.74) is -5.35. The van der Waals surface area contributed by atoms with E-state index >= 15 is 0 Å². The van der Waals surface area contributed by atoms with Gasteiger partial charge in [-0.1, -0.05) is 17.7 Å². The molecule has 0 unspecified atom stereocenters. The number of hydrogen-bond donors (Lipinski definition) is 1. The number of carboxylic acid groups (broad SMARTS) is 1. The molecule has 0 bridgehead atoms. The number of halogens is 4. The Morgan fingerprint density at radius 1 is 1.33 bits per heavy atom. The fourth-order valence-electron chi connectivity index (χ4n) is 1.17. The maximum absolute atomic E-state index is 12.3. The molecule has 1 aromatic rings. The molecule has 1 aromatic carbocycles. The molecule has 4 nitrogen and oxygen atoms in total. The summed E-state index contributed by atoms with van der Waals surface area (Å²) in [6.45, 7) is 0. The van der Waals surface area contributed by atoms with Crippen molar-refractivity contribution in [2.24, 2.45) is 0 Å². The van der Waals surface area contributed by atoms with Gasteiger partial charge in [0.15, 0.2) is 0 Å². The molecule has 0 radical (unpaired) electrons. The van der Waals surface area contributed by atoms with Gasteiger partial charge in [0.25, 0.3) is 9.84 Å². The van der Waals surface area contributed by atoms with Crippen LogP contribution in [0.2, 0.25) is 5.02 Å². The molecule has 9 heteroatoms. The summed E-state index contributed by atoms with van der Waals surface area (Å²) >= 11 is 5.43. The Morgan fingerprint density at radius 3 is 2.28 bits per heavy atom. The lowest BCUT2D eigenvalue weighted by Gasteiger charge is -2.10. The Bertz CT molecular complexity index is 580. The molecule has 0 fully saturated rings. The third-order valence-corrected chi connectivity index (χ3v) is 3.92. The first-order valence-electron chi connectivity index (χ1n) is 4.37. The lowest BCUT2D eigenvalue weighted by molar-refractivity contribution is -0.136. The maximum atomic E-state index is 12.3. The van der Waals surface area contributed by atoms with E-state index in [1.54, 1.807) is 0 Å². The molecule has 100 valence electrons. The second kappa shape index (κ2) is 4.77. The van der Waals surface area contributed by atoms with Gasteiger partial charge in [-0.3, -0.25) is 4.79 Å². The smallest absolute Gasteiger partial charge is 0.481 e. The van der Waals surface area contributed by atoms with Gasteiger partial charge in [0, 0.05) is 0 Å². The number of alkyl halides is 3. The molecule has 0 amide bonds. The van der Waals surface area contributed by atoms with Crippen LogP contribution in [0.15, 0.2) is 23.1 Å². The molecule has 1 N–H and O–H groups in total. The fraction of sp³-hybridized carbons (Fsp3) is 0.222. The Balaban J connectivity index is 3.27. The highest BCUT2D eigenvalue weighted by atomic mass is 35.5. The van der Waals surface area contributed by atoms with E-state index in [1.165, 1.54) is 0 Å². The van der Waals surface area contributed by atoms with Crippen molar-refractivity contribution in [2.75, 3.05) is 0 Å². The van der Waals surface area contributed by atoms with Crippen molar-refractivity contribution < 1.29 is 31.5 Å². The number of hydrogen-bond acceptors (Lipinski definition) is 3. The van der Waals surface area contributed by atoms with Crippen molar-refractivity contribution in [3.05, 3.63) is 28.8 Å². The number of rotatable bonds is 3. The van der Waals surface area contributed by atoms with Crippen molar-refractivity contribution in [1.29, 1.82) is 0 Å². The van der Waals surface area contributed by atoms with Crippen molar-refractivity contribution in [3.8, 4) is 0 Å². The molecule has 0 saturated heterocycles. The predicted octanol–water partition coefficient (Wildman–Crippen LogP) is 2.26. The van der Waals surface area contributed by atoms with Crippen LogP contribution in [0.4, 0.5) is 13.2 Å². The summed E-state index contributed by atoms with van der Waals surface area (Å²) in [7, 11) is -5.53. The van der Waals surface area contributed by atoms with Crippen LogP contribution in [0.1, 0.15) is 5.56 Å². The van der Waals surface area contributed by atoms with Crippen LogP contribution in [0.25, 0.3) is 0 Å². The van der Waals surface area contributed by atoms with Crippen LogP contribution in [0.5, 0.6) is 0 Å². The molecule has 0 aliphatic heterocycles. The summed E-state index contributed by atoms with van der Waals surface area (Å²) < 4.78 is 59.0. The van der Waals surface area contributed by atoms with Crippen LogP contribution in [-0.4, -0.2) is 25.0 Å². The molecular formula is C9H6ClF3O4S. The molecular weight excluding hydrogens is 297 g/mol. The molecule has 1 rings (SSSR count). The Kier molecular flexibility index (Phi) is 3.92. The van der Waals surface area contributed by atoms with Gasteiger partial charge in [-0.25, -0.2) is 8.42 Å². The van der Waals surface area contributed by atoms with Crippen molar-refractivity contribution in [1.82, 2.24) is 0 Å². The third-order valence-electron chi connectivity index (χ3n) is 1.95. The highest BCUT2D eigenvalue weighted by Gasteiger charge is 2.47. The van der Waals surface area contributed by atoms with Gasteiger partial charge in [-0.05, 0) is 17.7 Å². The Morgan fingerprint density at radius 2 is 1.89 bits per heavy atom. The number of sulfone groups is 1. The van der Waals surface area contributed by atoms with Crippen molar-refractivity contribution in [3.63, 3.8) is 0 Å². The number of aliphatic carboxylic acids is 1. The SMILES string of the molecule is O=C(O)Cc1ccc(S(=O)(=O)C(F)(F)F)c(Cl)c1. The van der Waals surface area contributed by atoms with Crippen LogP contribution in [-0.2, 0) is 21.1 Å². The molecule has 0 aliphatic rings. The first kappa shape index (κ1) is 14.8.